The standard InChI is InChI=1S/C24H27N5O5S/c1-7-33-18-10-8-17(9-11-18)29-22(16-12-19(30-4)21(32-6)20(13-16)31-5)26-27-24(29)35-14(2)23-25-15(3)28-34-23/h8-14H,7H2,1-6H3/t14-/m1/s1. The highest BCUT2D eigenvalue weighted by Crippen LogP contribution is 2.42. The van der Waals surface area contributed by atoms with Crippen LogP contribution >= 0.6 is 11.8 Å². The molecule has 11 heteroatoms. The minimum absolute atomic E-state index is 0.144. The molecule has 4 aromatic rings. The predicted molar refractivity (Wildman–Crippen MR) is 131 cm³/mol. The maximum absolute atomic E-state index is 5.61. The highest BCUT2D eigenvalue weighted by Gasteiger charge is 2.24. The van der Waals surface area contributed by atoms with Gasteiger partial charge < -0.3 is 23.5 Å². The van der Waals surface area contributed by atoms with E-state index < -0.39 is 0 Å². The number of aromatic nitrogens is 5. The zero-order valence-corrected chi connectivity index (χ0v) is 21.3. The topological polar surface area (TPSA) is 107 Å². The summed E-state index contributed by atoms with van der Waals surface area (Å²) < 4.78 is 29.5. The molecule has 0 fully saturated rings. The van der Waals surface area contributed by atoms with Crippen molar-refractivity contribution >= 4 is 11.8 Å². The molecular formula is C24H27N5O5S. The van der Waals surface area contributed by atoms with Gasteiger partial charge in [-0.05, 0) is 57.2 Å². The van der Waals surface area contributed by atoms with Crippen LogP contribution in [0.25, 0.3) is 17.1 Å². The van der Waals surface area contributed by atoms with Crippen LogP contribution in [0.5, 0.6) is 23.0 Å². The lowest BCUT2D eigenvalue weighted by Crippen LogP contribution is -2.02. The van der Waals surface area contributed by atoms with Gasteiger partial charge in [0.05, 0.1) is 33.2 Å². The van der Waals surface area contributed by atoms with Gasteiger partial charge in [0, 0.05) is 11.3 Å². The van der Waals surface area contributed by atoms with E-state index in [1.54, 1.807) is 28.3 Å². The molecule has 4 rings (SSSR count). The molecular weight excluding hydrogens is 470 g/mol. The summed E-state index contributed by atoms with van der Waals surface area (Å²) in [5.74, 6) is 4.02. The van der Waals surface area contributed by atoms with Gasteiger partial charge in [-0.2, -0.15) is 4.98 Å². The van der Waals surface area contributed by atoms with E-state index in [0.717, 1.165) is 17.0 Å². The summed E-state index contributed by atoms with van der Waals surface area (Å²) in [5, 5.41) is 13.4. The third-order valence-electron chi connectivity index (χ3n) is 5.14. The quantitative estimate of drug-likeness (QED) is 0.281. The predicted octanol–water partition coefficient (Wildman–Crippen LogP) is 4.90. The first-order chi connectivity index (χ1) is 17.0. The Balaban J connectivity index is 1.83. The van der Waals surface area contributed by atoms with Crippen molar-refractivity contribution in [3.8, 4) is 40.1 Å². The Morgan fingerprint density at radius 1 is 1.00 bits per heavy atom. The Labute approximate surface area is 207 Å². The number of nitrogens with zero attached hydrogens (tertiary/aromatic N) is 5. The van der Waals surface area contributed by atoms with Crippen LogP contribution in [-0.2, 0) is 0 Å². The Morgan fingerprint density at radius 3 is 2.23 bits per heavy atom. The van der Waals surface area contributed by atoms with Gasteiger partial charge in [-0.3, -0.25) is 4.57 Å². The van der Waals surface area contributed by atoms with Crippen LogP contribution in [0.3, 0.4) is 0 Å². The first-order valence-electron chi connectivity index (χ1n) is 10.9. The Morgan fingerprint density at radius 2 is 1.69 bits per heavy atom. The highest BCUT2D eigenvalue weighted by atomic mass is 32.2. The first kappa shape index (κ1) is 24.4. The maximum Gasteiger partial charge on any atom is 0.239 e. The van der Waals surface area contributed by atoms with E-state index >= 15 is 0 Å². The van der Waals surface area contributed by atoms with Crippen molar-refractivity contribution in [3.63, 3.8) is 0 Å². The van der Waals surface area contributed by atoms with Gasteiger partial charge in [-0.25, -0.2) is 0 Å². The second-order valence-electron chi connectivity index (χ2n) is 7.42. The molecule has 0 amide bonds. The van der Waals surface area contributed by atoms with Gasteiger partial charge in [-0.1, -0.05) is 16.9 Å². The smallest absolute Gasteiger partial charge is 0.239 e. The van der Waals surface area contributed by atoms with Crippen molar-refractivity contribution in [1.29, 1.82) is 0 Å². The van der Waals surface area contributed by atoms with E-state index in [-0.39, 0.29) is 5.25 Å². The van der Waals surface area contributed by atoms with Gasteiger partial charge in [-0.15, -0.1) is 10.2 Å². The van der Waals surface area contributed by atoms with Crippen LogP contribution in [0.1, 0.15) is 30.8 Å². The van der Waals surface area contributed by atoms with Crippen molar-refractivity contribution in [2.24, 2.45) is 0 Å². The van der Waals surface area contributed by atoms with Gasteiger partial charge in [0.15, 0.2) is 28.3 Å². The third kappa shape index (κ3) is 5.04. The van der Waals surface area contributed by atoms with E-state index in [1.807, 2.05) is 54.8 Å². The second kappa shape index (κ2) is 10.7. The molecule has 184 valence electrons. The normalized spacial score (nSPS) is 11.8. The molecule has 2 heterocycles. The van der Waals surface area contributed by atoms with E-state index in [4.69, 9.17) is 23.5 Å². The Hall–Kier alpha value is -3.73. The van der Waals surface area contributed by atoms with E-state index in [0.29, 0.717) is 46.6 Å². The summed E-state index contributed by atoms with van der Waals surface area (Å²) in [4.78, 5) is 4.35. The van der Waals surface area contributed by atoms with Crippen LogP contribution < -0.4 is 18.9 Å². The summed E-state index contributed by atoms with van der Waals surface area (Å²) in [5.41, 5.74) is 1.60. The number of hydrogen-bond donors (Lipinski definition) is 0. The molecule has 0 radical (unpaired) electrons. The fourth-order valence-corrected chi connectivity index (χ4v) is 4.42. The number of benzene rings is 2. The highest BCUT2D eigenvalue weighted by molar-refractivity contribution is 7.99. The average Bonchev–Trinajstić information content (AvgIpc) is 3.50. The van der Waals surface area contributed by atoms with Crippen molar-refractivity contribution in [3.05, 3.63) is 48.1 Å². The molecule has 0 spiro atoms. The summed E-state index contributed by atoms with van der Waals surface area (Å²) >= 11 is 1.46. The van der Waals surface area contributed by atoms with E-state index in [9.17, 15) is 0 Å². The number of hydrogen-bond acceptors (Lipinski definition) is 10. The zero-order valence-electron chi connectivity index (χ0n) is 20.4. The number of ether oxygens (including phenoxy) is 4. The Kier molecular flexibility index (Phi) is 7.45. The van der Waals surface area contributed by atoms with Gasteiger partial charge >= 0.3 is 0 Å². The van der Waals surface area contributed by atoms with E-state index in [2.05, 4.69) is 20.3 Å². The van der Waals surface area contributed by atoms with E-state index in [1.165, 1.54) is 11.8 Å². The molecule has 2 aromatic carbocycles. The SMILES string of the molecule is CCOc1ccc(-n2c(S[C@H](C)c3nc(C)no3)nnc2-c2cc(OC)c(OC)c(OC)c2)cc1. The maximum atomic E-state index is 5.61. The lowest BCUT2D eigenvalue weighted by molar-refractivity contribution is 0.324. The molecule has 0 saturated carbocycles. The monoisotopic (exact) mass is 497 g/mol. The molecule has 0 N–H and O–H groups in total. The number of thioether (sulfide) groups is 1. The minimum Gasteiger partial charge on any atom is -0.494 e. The minimum atomic E-state index is -0.144. The van der Waals surface area contributed by atoms with Gasteiger partial charge in [0.25, 0.3) is 0 Å². The second-order valence-corrected chi connectivity index (χ2v) is 8.73. The van der Waals surface area contributed by atoms with Crippen molar-refractivity contribution in [1.82, 2.24) is 24.9 Å². The molecule has 35 heavy (non-hydrogen) atoms. The molecule has 0 aliphatic carbocycles. The van der Waals surface area contributed by atoms with Crippen LogP contribution in [0, 0.1) is 6.92 Å². The lowest BCUT2D eigenvalue weighted by atomic mass is 10.1. The summed E-state index contributed by atoms with van der Waals surface area (Å²) in [6.45, 7) is 6.31. The summed E-state index contributed by atoms with van der Waals surface area (Å²) in [7, 11) is 4.72. The molecule has 0 saturated heterocycles. The van der Waals surface area contributed by atoms with Crippen LogP contribution in [0.4, 0.5) is 0 Å². The fourth-order valence-electron chi connectivity index (χ4n) is 3.52. The number of methoxy groups -OCH3 is 3. The van der Waals surface area contributed by atoms with Crippen LogP contribution in [-0.4, -0.2) is 52.8 Å². The van der Waals surface area contributed by atoms with Crippen molar-refractivity contribution < 1.29 is 23.5 Å². The lowest BCUT2D eigenvalue weighted by Gasteiger charge is -2.16. The van der Waals surface area contributed by atoms with Gasteiger partial charge in [0.1, 0.15) is 5.75 Å². The first-order valence-corrected chi connectivity index (χ1v) is 11.8. The molecule has 2 aromatic heterocycles. The van der Waals surface area contributed by atoms with Gasteiger partial charge in [0.2, 0.25) is 11.6 Å². The number of aryl methyl sites for hydroxylation is 1. The largest absolute Gasteiger partial charge is 0.494 e. The fraction of sp³-hybridized carbons (Fsp3) is 0.333. The number of rotatable bonds is 10. The molecule has 0 aliphatic rings. The van der Waals surface area contributed by atoms with Crippen molar-refractivity contribution in [2.75, 3.05) is 27.9 Å². The van der Waals surface area contributed by atoms with Crippen LogP contribution in [0.2, 0.25) is 0 Å². The molecule has 0 aliphatic heterocycles. The average molecular weight is 498 g/mol. The zero-order chi connectivity index (χ0) is 24.9. The third-order valence-corrected chi connectivity index (χ3v) is 6.17. The summed E-state index contributed by atoms with van der Waals surface area (Å²) in [6, 6.07) is 11.4. The molecule has 10 nitrogen and oxygen atoms in total. The molecule has 0 bridgehead atoms. The molecule has 1 atom stereocenters. The van der Waals surface area contributed by atoms with Crippen LogP contribution in [0.15, 0.2) is 46.1 Å². The summed E-state index contributed by atoms with van der Waals surface area (Å²) in [6.07, 6.45) is 0. The molecule has 0 unspecified atom stereocenters. The Bertz CT molecular complexity index is 1260. The van der Waals surface area contributed by atoms with Crippen molar-refractivity contribution in [2.45, 2.75) is 31.2 Å².